The highest BCUT2D eigenvalue weighted by molar-refractivity contribution is 7.91. The van der Waals surface area contributed by atoms with Crippen molar-refractivity contribution in [3.05, 3.63) is 0 Å². The maximum atomic E-state index is 11.4. The van der Waals surface area contributed by atoms with Crippen LogP contribution in [-0.2, 0) is 9.84 Å². The molecule has 0 radical (unpaired) electrons. The van der Waals surface area contributed by atoms with Gasteiger partial charge in [0.05, 0.1) is 23.7 Å². The maximum absolute atomic E-state index is 11.4. The van der Waals surface area contributed by atoms with Crippen molar-refractivity contribution in [2.24, 2.45) is 0 Å². The lowest BCUT2D eigenvalue weighted by molar-refractivity contribution is 0.0874. The fourth-order valence-electron chi connectivity index (χ4n) is 2.36. The van der Waals surface area contributed by atoms with Crippen molar-refractivity contribution in [2.75, 3.05) is 37.7 Å². The second kappa shape index (κ2) is 4.37. The zero-order chi connectivity index (χ0) is 10.9. The first-order valence-corrected chi connectivity index (χ1v) is 7.24. The van der Waals surface area contributed by atoms with Crippen LogP contribution in [-0.4, -0.2) is 68.3 Å². The summed E-state index contributed by atoms with van der Waals surface area (Å²) in [7, 11) is -3.02. The molecule has 0 saturated carbocycles. The number of sulfone groups is 1. The number of hydrogen-bond donors (Lipinski definition) is 2. The standard InChI is InChI=1S/C9H18N2O3S/c12-9-7-15(13,14)6-8(9)11-4-1-2-10-3-5-11/h8-10,12H,1-7H2. The predicted octanol–water partition coefficient (Wildman–Crippen LogP) is -1.56. The van der Waals surface area contributed by atoms with Gasteiger partial charge in [-0.3, -0.25) is 4.90 Å². The fraction of sp³-hybridized carbons (Fsp3) is 1.00. The first kappa shape index (κ1) is 11.3. The van der Waals surface area contributed by atoms with Gasteiger partial charge in [-0.15, -0.1) is 0 Å². The van der Waals surface area contributed by atoms with Gasteiger partial charge in [0.2, 0.25) is 0 Å². The Morgan fingerprint density at radius 1 is 1.20 bits per heavy atom. The topological polar surface area (TPSA) is 69.6 Å². The minimum atomic E-state index is -3.02. The van der Waals surface area contributed by atoms with E-state index in [2.05, 4.69) is 10.2 Å². The number of nitrogens with zero attached hydrogens (tertiary/aromatic N) is 1. The maximum Gasteiger partial charge on any atom is 0.154 e. The molecule has 0 aromatic carbocycles. The molecule has 6 heteroatoms. The Kier molecular flexibility index (Phi) is 3.30. The van der Waals surface area contributed by atoms with Gasteiger partial charge in [0, 0.05) is 13.1 Å². The van der Waals surface area contributed by atoms with Crippen LogP contribution in [0.2, 0.25) is 0 Å². The normalized spacial score (nSPS) is 37.7. The van der Waals surface area contributed by atoms with E-state index in [-0.39, 0.29) is 17.5 Å². The summed E-state index contributed by atoms with van der Waals surface area (Å²) < 4.78 is 22.8. The fourth-order valence-corrected chi connectivity index (χ4v) is 4.19. The molecule has 2 heterocycles. The summed E-state index contributed by atoms with van der Waals surface area (Å²) in [5.74, 6) is 0.0514. The van der Waals surface area contributed by atoms with E-state index in [1.165, 1.54) is 0 Å². The predicted molar refractivity (Wildman–Crippen MR) is 57.5 cm³/mol. The molecule has 5 nitrogen and oxygen atoms in total. The number of aliphatic hydroxyl groups excluding tert-OH is 1. The third kappa shape index (κ3) is 2.69. The van der Waals surface area contributed by atoms with E-state index in [1.54, 1.807) is 0 Å². The Hall–Kier alpha value is -0.170. The van der Waals surface area contributed by atoms with Gasteiger partial charge in [0.1, 0.15) is 0 Å². The molecule has 2 aliphatic rings. The van der Waals surface area contributed by atoms with Crippen LogP contribution in [0.1, 0.15) is 6.42 Å². The zero-order valence-electron chi connectivity index (χ0n) is 8.72. The van der Waals surface area contributed by atoms with Crippen molar-refractivity contribution >= 4 is 9.84 Å². The lowest BCUT2D eigenvalue weighted by Crippen LogP contribution is -2.44. The second-order valence-corrected chi connectivity index (χ2v) is 6.50. The van der Waals surface area contributed by atoms with Crippen molar-refractivity contribution in [1.29, 1.82) is 0 Å². The first-order chi connectivity index (χ1) is 7.08. The Balaban J connectivity index is 2.03. The smallest absolute Gasteiger partial charge is 0.154 e. The lowest BCUT2D eigenvalue weighted by Gasteiger charge is -2.28. The van der Waals surface area contributed by atoms with Crippen molar-refractivity contribution in [1.82, 2.24) is 10.2 Å². The SMILES string of the molecule is O=S1(=O)CC(O)C(N2CCCNCC2)C1. The highest BCUT2D eigenvalue weighted by atomic mass is 32.2. The second-order valence-electron chi connectivity index (χ2n) is 4.35. The highest BCUT2D eigenvalue weighted by Gasteiger charge is 2.39. The van der Waals surface area contributed by atoms with Gasteiger partial charge in [-0.2, -0.15) is 0 Å². The number of hydrogen-bond acceptors (Lipinski definition) is 5. The molecule has 2 saturated heterocycles. The Morgan fingerprint density at radius 3 is 2.67 bits per heavy atom. The summed E-state index contributed by atoms with van der Waals surface area (Å²) in [5, 5.41) is 13.0. The Bertz CT molecular complexity index is 309. The largest absolute Gasteiger partial charge is 0.390 e. The Morgan fingerprint density at radius 2 is 2.00 bits per heavy atom. The van der Waals surface area contributed by atoms with Crippen molar-refractivity contribution < 1.29 is 13.5 Å². The number of rotatable bonds is 1. The molecule has 0 aliphatic carbocycles. The van der Waals surface area contributed by atoms with E-state index < -0.39 is 15.9 Å². The average molecular weight is 234 g/mol. The van der Waals surface area contributed by atoms with Gasteiger partial charge in [-0.1, -0.05) is 0 Å². The van der Waals surface area contributed by atoms with Crippen LogP contribution in [0.3, 0.4) is 0 Å². The van der Waals surface area contributed by atoms with Crippen molar-refractivity contribution in [2.45, 2.75) is 18.6 Å². The van der Waals surface area contributed by atoms with Crippen LogP contribution in [0.25, 0.3) is 0 Å². The number of aliphatic hydroxyl groups is 1. The molecule has 15 heavy (non-hydrogen) atoms. The summed E-state index contributed by atoms with van der Waals surface area (Å²) in [5.41, 5.74) is 0. The zero-order valence-corrected chi connectivity index (χ0v) is 9.54. The quantitative estimate of drug-likeness (QED) is 0.574. The molecule has 2 N–H and O–H groups in total. The highest BCUT2D eigenvalue weighted by Crippen LogP contribution is 2.18. The molecule has 0 bridgehead atoms. The summed E-state index contributed by atoms with van der Waals surface area (Å²) in [6, 6.07) is -0.185. The molecule has 2 unspecified atom stereocenters. The van der Waals surface area contributed by atoms with Gasteiger partial charge in [-0.25, -0.2) is 8.42 Å². The third-order valence-corrected chi connectivity index (χ3v) is 4.84. The minimum Gasteiger partial charge on any atom is -0.390 e. The molecule has 2 aliphatic heterocycles. The van der Waals surface area contributed by atoms with E-state index >= 15 is 0 Å². The first-order valence-electron chi connectivity index (χ1n) is 5.42. The third-order valence-electron chi connectivity index (χ3n) is 3.14. The van der Waals surface area contributed by atoms with Crippen LogP contribution in [0, 0.1) is 0 Å². The Labute approximate surface area is 90.4 Å². The average Bonchev–Trinajstić information content (AvgIpc) is 2.41. The lowest BCUT2D eigenvalue weighted by atomic mass is 10.2. The van der Waals surface area contributed by atoms with Crippen LogP contribution in [0.5, 0.6) is 0 Å². The summed E-state index contributed by atoms with van der Waals surface area (Å²) in [6.07, 6.45) is 0.316. The summed E-state index contributed by atoms with van der Waals surface area (Å²) >= 11 is 0. The van der Waals surface area contributed by atoms with Gasteiger partial charge in [0.15, 0.2) is 9.84 Å². The van der Waals surface area contributed by atoms with Gasteiger partial charge >= 0.3 is 0 Å². The molecule has 0 aromatic heterocycles. The summed E-state index contributed by atoms with van der Waals surface area (Å²) in [6.45, 7) is 3.57. The molecular weight excluding hydrogens is 216 g/mol. The molecule has 0 amide bonds. The van der Waals surface area contributed by atoms with E-state index in [9.17, 15) is 13.5 Å². The van der Waals surface area contributed by atoms with Crippen LogP contribution in [0.15, 0.2) is 0 Å². The molecule has 2 rings (SSSR count). The van der Waals surface area contributed by atoms with E-state index in [4.69, 9.17) is 0 Å². The summed E-state index contributed by atoms with van der Waals surface area (Å²) in [4.78, 5) is 2.11. The van der Waals surface area contributed by atoms with E-state index in [0.717, 1.165) is 32.6 Å². The van der Waals surface area contributed by atoms with Crippen LogP contribution < -0.4 is 5.32 Å². The van der Waals surface area contributed by atoms with Crippen molar-refractivity contribution in [3.63, 3.8) is 0 Å². The van der Waals surface area contributed by atoms with E-state index in [0.29, 0.717) is 0 Å². The van der Waals surface area contributed by atoms with Crippen molar-refractivity contribution in [3.8, 4) is 0 Å². The van der Waals surface area contributed by atoms with Gasteiger partial charge in [0.25, 0.3) is 0 Å². The molecule has 0 spiro atoms. The van der Waals surface area contributed by atoms with Gasteiger partial charge < -0.3 is 10.4 Å². The molecule has 2 atom stereocenters. The minimum absolute atomic E-state index is 0.0679. The number of nitrogens with one attached hydrogen (secondary N) is 1. The monoisotopic (exact) mass is 234 g/mol. The van der Waals surface area contributed by atoms with Crippen LogP contribution in [0.4, 0.5) is 0 Å². The molecule has 0 aromatic rings. The van der Waals surface area contributed by atoms with Gasteiger partial charge in [-0.05, 0) is 19.5 Å². The van der Waals surface area contributed by atoms with E-state index in [1.807, 2.05) is 0 Å². The molecular formula is C9H18N2O3S. The van der Waals surface area contributed by atoms with Crippen LogP contribution >= 0.6 is 0 Å². The molecule has 2 fully saturated rings. The molecule has 88 valence electrons.